The van der Waals surface area contributed by atoms with E-state index in [9.17, 15) is 8.42 Å². The number of sulfonamides is 1. The van der Waals surface area contributed by atoms with Crippen LogP contribution >= 0.6 is 0 Å². The van der Waals surface area contributed by atoms with Gasteiger partial charge < -0.3 is 10.2 Å². The van der Waals surface area contributed by atoms with Gasteiger partial charge in [0.2, 0.25) is 10.0 Å². The van der Waals surface area contributed by atoms with Gasteiger partial charge in [0.05, 0.1) is 0 Å². The van der Waals surface area contributed by atoms with Gasteiger partial charge in [-0.25, -0.2) is 13.1 Å². The molecule has 0 aliphatic carbocycles. The highest BCUT2D eigenvalue weighted by molar-refractivity contribution is 7.89. The van der Waals surface area contributed by atoms with Crippen LogP contribution in [0.2, 0.25) is 0 Å². The minimum absolute atomic E-state index is 0.156. The van der Waals surface area contributed by atoms with Crippen LogP contribution in [0.1, 0.15) is 37.4 Å². The smallest absolute Gasteiger partial charge is 0.244 e. The summed E-state index contributed by atoms with van der Waals surface area (Å²) < 4.78 is 32.3. The fraction of sp³-hybridized carbons (Fsp3) is 0.667. The van der Waals surface area contributed by atoms with Crippen molar-refractivity contribution >= 4 is 10.0 Å². The first-order valence-electron chi connectivity index (χ1n) is 6.08. The van der Waals surface area contributed by atoms with Crippen LogP contribution < -0.4 is 10.5 Å². The van der Waals surface area contributed by atoms with E-state index in [1.165, 1.54) is 0 Å². The molecule has 0 saturated heterocycles. The van der Waals surface area contributed by atoms with E-state index >= 15 is 0 Å². The predicted molar refractivity (Wildman–Crippen MR) is 70.7 cm³/mol. The summed E-state index contributed by atoms with van der Waals surface area (Å²) in [6, 6.07) is 0. The van der Waals surface area contributed by atoms with Gasteiger partial charge in [-0.15, -0.1) is 0 Å². The van der Waals surface area contributed by atoms with Crippen LogP contribution in [0.15, 0.2) is 9.31 Å². The lowest BCUT2D eigenvalue weighted by Crippen LogP contribution is -2.27. The Morgan fingerprint density at radius 1 is 1.28 bits per heavy atom. The Kier molecular flexibility index (Phi) is 4.95. The van der Waals surface area contributed by atoms with Crippen molar-refractivity contribution in [2.24, 2.45) is 11.7 Å². The van der Waals surface area contributed by atoms with E-state index in [4.69, 9.17) is 10.2 Å². The number of hydrogen-bond donors (Lipinski definition) is 2. The van der Waals surface area contributed by atoms with Gasteiger partial charge in [0, 0.05) is 18.7 Å². The molecule has 0 aromatic carbocycles. The number of nitrogens with one attached hydrogen (secondary N) is 1. The molecule has 1 rings (SSSR count). The second-order valence-corrected chi connectivity index (χ2v) is 6.51. The van der Waals surface area contributed by atoms with Gasteiger partial charge in [0.25, 0.3) is 0 Å². The van der Waals surface area contributed by atoms with Crippen LogP contribution in [0.25, 0.3) is 0 Å². The molecular weight excluding hydrogens is 252 g/mol. The maximum absolute atomic E-state index is 12.2. The van der Waals surface area contributed by atoms with E-state index in [1.54, 1.807) is 13.8 Å². The van der Waals surface area contributed by atoms with Crippen LogP contribution in [0.3, 0.4) is 0 Å². The van der Waals surface area contributed by atoms with Crippen molar-refractivity contribution in [3.05, 3.63) is 17.1 Å². The summed E-state index contributed by atoms with van der Waals surface area (Å²) in [6.07, 6.45) is 0.799. The zero-order valence-electron chi connectivity index (χ0n) is 11.4. The van der Waals surface area contributed by atoms with Crippen LogP contribution in [0.5, 0.6) is 0 Å². The molecule has 0 spiro atoms. The number of hydrogen-bond acceptors (Lipinski definition) is 4. The van der Waals surface area contributed by atoms with E-state index in [0.29, 0.717) is 29.5 Å². The average Bonchev–Trinajstić information content (AvgIpc) is 2.52. The molecule has 1 heterocycles. The molecule has 18 heavy (non-hydrogen) atoms. The highest BCUT2D eigenvalue weighted by Gasteiger charge is 2.25. The van der Waals surface area contributed by atoms with Gasteiger partial charge in [-0.3, -0.25) is 0 Å². The summed E-state index contributed by atoms with van der Waals surface area (Å²) in [5, 5.41) is 0. The Bertz CT molecular complexity index is 504. The SMILES string of the molecule is Cc1oc(C)c(S(=O)(=O)NCCC(C)C)c1CN. The Balaban J connectivity index is 2.98. The Hall–Kier alpha value is -0.850. The molecule has 6 heteroatoms. The van der Waals surface area contributed by atoms with Crippen LogP contribution in [-0.4, -0.2) is 15.0 Å². The monoisotopic (exact) mass is 274 g/mol. The summed E-state index contributed by atoms with van der Waals surface area (Å²) in [6.45, 7) is 8.04. The molecule has 0 bridgehead atoms. The highest BCUT2D eigenvalue weighted by atomic mass is 32.2. The Morgan fingerprint density at radius 2 is 1.89 bits per heavy atom. The summed E-state index contributed by atoms with van der Waals surface area (Å²) in [5.74, 6) is 1.41. The van der Waals surface area contributed by atoms with Gasteiger partial charge >= 0.3 is 0 Å². The zero-order valence-corrected chi connectivity index (χ0v) is 12.2. The number of furan rings is 1. The molecule has 0 fully saturated rings. The van der Waals surface area contributed by atoms with E-state index in [-0.39, 0.29) is 11.4 Å². The molecule has 1 aromatic rings. The topological polar surface area (TPSA) is 85.3 Å². The molecule has 0 atom stereocenters. The van der Waals surface area contributed by atoms with Crippen molar-refractivity contribution in [3.8, 4) is 0 Å². The van der Waals surface area contributed by atoms with Crippen molar-refractivity contribution in [1.82, 2.24) is 4.72 Å². The largest absolute Gasteiger partial charge is 0.465 e. The average molecular weight is 274 g/mol. The molecule has 104 valence electrons. The van der Waals surface area contributed by atoms with E-state index in [0.717, 1.165) is 6.42 Å². The molecule has 0 unspecified atom stereocenters. The minimum atomic E-state index is -3.53. The summed E-state index contributed by atoms with van der Waals surface area (Å²) in [5.41, 5.74) is 6.15. The van der Waals surface area contributed by atoms with Crippen molar-refractivity contribution in [2.45, 2.75) is 45.6 Å². The molecule has 3 N–H and O–H groups in total. The first kappa shape index (κ1) is 15.2. The highest BCUT2D eigenvalue weighted by Crippen LogP contribution is 2.25. The van der Waals surface area contributed by atoms with Crippen molar-refractivity contribution in [3.63, 3.8) is 0 Å². The maximum atomic E-state index is 12.2. The molecule has 0 radical (unpaired) electrons. The lowest BCUT2D eigenvalue weighted by Gasteiger charge is -2.09. The van der Waals surface area contributed by atoms with E-state index in [1.807, 2.05) is 13.8 Å². The fourth-order valence-electron chi connectivity index (χ4n) is 1.85. The van der Waals surface area contributed by atoms with Crippen LogP contribution in [0, 0.1) is 19.8 Å². The van der Waals surface area contributed by atoms with Crippen LogP contribution in [-0.2, 0) is 16.6 Å². The van der Waals surface area contributed by atoms with Gasteiger partial charge in [0.1, 0.15) is 16.4 Å². The first-order valence-corrected chi connectivity index (χ1v) is 7.56. The minimum Gasteiger partial charge on any atom is -0.465 e. The third kappa shape index (κ3) is 3.34. The molecule has 0 aliphatic rings. The third-order valence-corrected chi connectivity index (χ3v) is 4.47. The first-order chi connectivity index (χ1) is 8.29. The Labute approximate surface area is 109 Å². The lowest BCUT2D eigenvalue weighted by molar-refractivity contribution is 0.493. The summed E-state index contributed by atoms with van der Waals surface area (Å²) >= 11 is 0. The Morgan fingerprint density at radius 3 is 2.39 bits per heavy atom. The predicted octanol–water partition coefficient (Wildman–Crippen LogP) is 1.68. The number of rotatable bonds is 6. The molecule has 0 saturated carbocycles. The second-order valence-electron chi connectivity index (χ2n) is 4.81. The number of aryl methyl sites for hydroxylation is 2. The van der Waals surface area contributed by atoms with Gasteiger partial charge in [-0.05, 0) is 26.2 Å². The quantitative estimate of drug-likeness (QED) is 0.826. The van der Waals surface area contributed by atoms with Crippen molar-refractivity contribution < 1.29 is 12.8 Å². The second kappa shape index (κ2) is 5.86. The van der Waals surface area contributed by atoms with Gasteiger partial charge in [-0.1, -0.05) is 13.8 Å². The van der Waals surface area contributed by atoms with Gasteiger partial charge in [-0.2, -0.15) is 0 Å². The van der Waals surface area contributed by atoms with E-state index in [2.05, 4.69) is 4.72 Å². The lowest BCUT2D eigenvalue weighted by atomic mass is 10.1. The van der Waals surface area contributed by atoms with Gasteiger partial charge in [0.15, 0.2) is 0 Å². The number of nitrogens with two attached hydrogens (primary N) is 1. The van der Waals surface area contributed by atoms with Crippen molar-refractivity contribution in [2.75, 3.05) is 6.54 Å². The third-order valence-electron chi connectivity index (χ3n) is 2.81. The molecule has 0 aliphatic heterocycles. The normalized spacial score (nSPS) is 12.3. The maximum Gasteiger partial charge on any atom is 0.244 e. The zero-order chi connectivity index (χ0) is 13.9. The molecule has 5 nitrogen and oxygen atoms in total. The van der Waals surface area contributed by atoms with Crippen molar-refractivity contribution in [1.29, 1.82) is 0 Å². The fourth-order valence-corrected chi connectivity index (χ4v) is 3.35. The molecular formula is C12H22N2O3S. The summed E-state index contributed by atoms with van der Waals surface area (Å²) in [7, 11) is -3.53. The molecule has 1 aromatic heterocycles. The standard InChI is InChI=1S/C12H22N2O3S/c1-8(2)5-6-14-18(15,16)12-10(4)17-9(3)11(12)7-13/h8,14H,5-7,13H2,1-4H3. The van der Waals surface area contributed by atoms with Crippen LogP contribution in [0.4, 0.5) is 0 Å². The van der Waals surface area contributed by atoms with E-state index < -0.39 is 10.0 Å². The summed E-state index contributed by atoms with van der Waals surface area (Å²) in [4.78, 5) is 0.200. The molecule has 0 amide bonds.